The fourth-order valence-electron chi connectivity index (χ4n) is 3.60. The molecule has 1 aliphatic heterocycles. The summed E-state index contributed by atoms with van der Waals surface area (Å²) in [6.07, 6.45) is 5.92. The highest BCUT2D eigenvalue weighted by atomic mass is 32.2. The highest BCUT2D eigenvalue weighted by Crippen LogP contribution is 2.25. The average molecular weight is 411 g/mol. The van der Waals surface area contributed by atoms with Gasteiger partial charge in [0.2, 0.25) is 15.9 Å². The van der Waals surface area contributed by atoms with E-state index in [2.05, 4.69) is 19.2 Å². The van der Waals surface area contributed by atoms with Crippen molar-refractivity contribution >= 4 is 15.9 Å². The van der Waals surface area contributed by atoms with Crippen LogP contribution in [0.15, 0.2) is 29.2 Å². The number of nitrogens with one attached hydrogen (secondary N) is 1. The molecule has 7 heteroatoms. The monoisotopic (exact) mass is 410 g/mol. The molecule has 0 radical (unpaired) electrons. The molecule has 28 heavy (non-hydrogen) atoms. The van der Waals surface area contributed by atoms with E-state index in [9.17, 15) is 13.2 Å². The Bertz CT molecular complexity index is 718. The van der Waals surface area contributed by atoms with Crippen LogP contribution in [0.5, 0.6) is 5.75 Å². The molecule has 6 nitrogen and oxygen atoms in total. The van der Waals surface area contributed by atoms with E-state index in [1.54, 1.807) is 31.4 Å². The van der Waals surface area contributed by atoms with Crippen molar-refractivity contribution < 1.29 is 17.9 Å². The van der Waals surface area contributed by atoms with E-state index in [0.717, 1.165) is 25.7 Å². The largest absolute Gasteiger partial charge is 0.497 e. The molecular weight excluding hydrogens is 376 g/mol. The minimum absolute atomic E-state index is 0.0235. The maximum atomic E-state index is 12.9. The lowest BCUT2D eigenvalue weighted by Gasteiger charge is -2.31. The van der Waals surface area contributed by atoms with Gasteiger partial charge in [0.15, 0.2) is 0 Å². The van der Waals surface area contributed by atoms with Crippen molar-refractivity contribution in [2.45, 2.75) is 57.3 Å². The summed E-state index contributed by atoms with van der Waals surface area (Å²) >= 11 is 0. The number of carbonyl (C=O) groups is 1. The van der Waals surface area contributed by atoms with Crippen LogP contribution in [0.1, 0.15) is 52.4 Å². The van der Waals surface area contributed by atoms with E-state index in [1.165, 1.54) is 10.7 Å². The first-order chi connectivity index (χ1) is 13.4. The summed E-state index contributed by atoms with van der Waals surface area (Å²) in [6, 6.07) is 6.39. The smallest absolute Gasteiger partial charge is 0.243 e. The molecule has 2 atom stereocenters. The minimum Gasteiger partial charge on any atom is -0.497 e. The van der Waals surface area contributed by atoms with Gasteiger partial charge >= 0.3 is 0 Å². The third-order valence-corrected chi connectivity index (χ3v) is 7.44. The van der Waals surface area contributed by atoms with Crippen LogP contribution in [-0.4, -0.2) is 45.4 Å². The summed E-state index contributed by atoms with van der Waals surface area (Å²) in [6.45, 7) is 5.69. The fourth-order valence-corrected chi connectivity index (χ4v) is 5.13. The van der Waals surface area contributed by atoms with Gasteiger partial charge in [0, 0.05) is 19.6 Å². The Labute approximate surface area is 169 Å². The van der Waals surface area contributed by atoms with Gasteiger partial charge in [-0.15, -0.1) is 0 Å². The van der Waals surface area contributed by atoms with Crippen LogP contribution in [0.2, 0.25) is 0 Å². The molecule has 1 heterocycles. The number of rotatable bonds is 10. The third-order valence-electron chi connectivity index (χ3n) is 5.56. The highest BCUT2D eigenvalue weighted by Gasteiger charge is 2.33. The second kappa shape index (κ2) is 10.8. The fraction of sp³-hybridized carbons (Fsp3) is 0.667. The first-order valence-corrected chi connectivity index (χ1v) is 11.8. The normalized spacial score (nSPS) is 19.2. The number of carbonyl (C=O) groups excluding carboxylic acids is 1. The second-order valence-corrected chi connectivity index (χ2v) is 9.48. The number of sulfonamides is 1. The molecule has 1 amide bonds. The van der Waals surface area contributed by atoms with Gasteiger partial charge in [-0.25, -0.2) is 8.42 Å². The number of unbranched alkanes of at least 4 members (excludes halogenated alkanes) is 1. The Morgan fingerprint density at radius 1 is 1.29 bits per heavy atom. The predicted molar refractivity (Wildman–Crippen MR) is 111 cm³/mol. The van der Waals surface area contributed by atoms with Crippen LogP contribution in [0.25, 0.3) is 0 Å². The van der Waals surface area contributed by atoms with Crippen molar-refractivity contribution in [1.82, 2.24) is 9.62 Å². The Balaban J connectivity index is 1.97. The van der Waals surface area contributed by atoms with Crippen LogP contribution < -0.4 is 10.1 Å². The lowest BCUT2D eigenvalue weighted by atomic mass is 9.96. The number of amides is 1. The summed E-state index contributed by atoms with van der Waals surface area (Å²) in [5.41, 5.74) is 0. The number of benzene rings is 1. The lowest BCUT2D eigenvalue weighted by molar-refractivity contribution is -0.126. The van der Waals surface area contributed by atoms with Gasteiger partial charge in [0.05, 0.1) is 17.9 Å². The first-order valence-electron chi connectivity index (χ1n) is 10.3. The van der Waals surface area contributed by atoms with Crippen molar-refractivity contribution in [3.05, 3.63) is 24.3 Å². The van der Waals surface area contributed by atoms with E-state index in [4.69, 9.17) is 4.74 Å². The predicted octanol–water partition coefficient (Wildman–Crippen LogP) is 3.43. The van der Waals surface area contributed by atoms with Gasteiger partial charge < -0.3 is 10.1 Å². The molecule has 1 N–H and O–H groups in total. The number of piperidine rings is 1. The molecule has 1 aliphatic rings. The molecule has 0 saturated carbocycles. The summed E-state index contributed by atoms with van der Waals surface area (Å²) < 4.78 is 32.4. The summed E-state index contributed by atoms with van der Waals surface area (Å²) in [7, 11) is -2.06. The Morgan fingerprint density at radius 3 is 2.61 bits per heavy atom. The van der Waals surface area contributed by atoms with E-state index < -0.39 is 10.0 Å². The molecule has 158 valence electrons. The van der Waals surface area contributed by atoms with Crippen molar-refractivity contribution in [2.24, 2.45) is 11.8 Å². The third kappa shape index (κ3) is 5.95. The molecule has 2 rings (SSSR count). The Kier molecular flexibility index (Phi) is 8.76. The standard InChI is InChI=1S/C21H34N2O4S/c1-4-6-8-17(5-2)15-22-21(24)18-9-7-14-23(16-18)28(25,26)20-12-10-19(27-3)11-13-20/h10-13,17-18H,4-9,14-16H2,1-3H3,(H,22,24)/t17-,18+/m1/s1. The SMILES string of the molecule is CCCC[C@@H](CC)CNC(=O)[C@H]1CCCN(S(=O)(=O)c2ccc(OC)cc2)C1. The number of hydrogen-bond donors (Lipinski definition) is 1. The van der Waals surface area contributed by atoms with Gasteiger partial charge in [-0.2, -0.15) is 4.31 Å². The maximum Gasteiger partial charge on any atom is 0.243 e. The van der Waals surface area contributed by atoms with Gasteiger partial charge in [-0.3, -0.25) is 4.79 Å². The average Bonchev–Trinajstić information content (AvgIpc) is 2.73. The number of ether oxygens (including phenoxy) is 1. The van der Waals surface area contributed by atoms with E-state index >= 15 is 0 Å². The number of nitrogens with zero attached hydrogens (tertiary/aromatic N) is 1. The zero-order valence-electron chi connectivity index (χ0n) is 17.3. The zero-order valence-corrected chi connectivity index (χ0v) is 18.1. The van der Waals surface area contributed by atoms with Crippen LogP contribution >= 0.6 is 0 Å². The molecule has 1 saturated heterocycles. The van der Waals surface area contributed by atoms with Crippen molar-refractivity contribution in [1.29, 1.82) is 0 Å². The summed E-state index contributed by atoms with van der Waals surface area (Å²) in [4.78, 5) is 12.9. The van der Waals surface area contributed by atoms with Crippen LogP contribution in [-0.2, 0) is 14.8 Å². The van der Waals surface area contributed by atoms with Crippen LogP contribution in [0.3, 0.4) is 0 Å². The van der Waals surface area contributed by atoms with Crippen molar-refractivity contribution in [3.8, 4) is 5.75 Å². The van der Waals surface area contributed by atoms with Gasteiger partial charge in [0.25, 0.3) is 0 Å². The van der Waals surface area contributed by atoms with Gasteiger partial charge in [-0.1, -0.05) is 33.1 Å². The summed E-state index contributed by atoms with van der Waals surface area (Å²) in [5, 5.41) is 3.06. The molecule has 1 aromatic carbocycles. The minimum atomic E-state index is -3.60. The lowest BCUT2D eigenvalue weighted by Crippen LogP contribution is -2.46. The first kappa shape index (κ1) is 22.7. The van der Waals surface area contributed by atoms with E-state index in [1.807, 2.05) is 0 Å². The molecule has 0 unspecified atom stereocenters. The molecule has 0 aromatic heterocycles. The van der Waals surface area contributed by atoms with Gasteiger partial charge in [-0.05, 0) is 49.4 Å². The van der Waals surface area contributed by atoms with Crippen LogP contribution in [0, 0.1) is 11.8 Å². The topological polar surface area (TPSA) is 75.7 Å². The summed E-state index contributed by atoms with van der Waals surface area (Å²) in [5.74, 6) is 0.796. The quantitative estimate of drug-likeness (QED) is 0.641. The zero-order chi connectivity index (χ0) is 20.6. The number of methoxy groups -OCH3 is 1. The Morgan fingerprint density at radius 2 is 2.00 bits per heavy atom. The molecule has 0 spiro atoms. The highest BCUT2D eigenvalue weighted by molar-refractivity contribution is 7.89. The van der Waals surface area contributed by atoms with E-state index in [0.29, 0.717) is 31.2 Å². The molecule has 0 aliphatic carbocycles. The molecule has 0 bridgehead atoms. The van der Waals surface area contributed by atoms with Crippen LogP contribution in [0.4, 0.5) is 0 Å². The molecular formula is C21H34N2O4S. The molecule has 1 fully saturated rings. The second-order valence-electron chi connectivity index (χ2n) is 7.54. The van der Waals surface area contributed by atoms with Gasteiger partial charge in [0.1, 0.15) is 5.75 Å². The van der Waals surface area contributed by atoms with Crippen molar-refractivity contribution in [2.75, 3.05) is 26.7 Å². The van der Waals surface area contributed by atoms with Crippen molar-refractivity contribution in [3.63, 3.8) is 0 Å². The van der Waals surface area contributed by atoms with E-state index in [-0.39, 0.29) is 23.3 Å². The maximum absolute atomic E-state index is 12.9. The number of hydrogen-bond acceptors (Lipinski definition) is 4. The molecule has 1 aromatic rings. The Hall–Kier alpha value is -1.60.